The van der Waals surface area contributed by atoms with Crippen molar-refractivity contribution >= 4 is 11.9 Å². The smallest absolute Gasteiger partial charge is 0.336 e. The highest BCUT2D eigenvalue weighted by molar-refractivity contribution is 5.94. The van der Waals surface area contributed by atoms with E-state index in [0.717, 1.165) is 11.1 Å². The van der Waals surface area contributed by atoms with Crippen molar-refractivity contribution in [2.75, 3.05) is 0 Å². The van der Waals surface area contributed by atoms with Gasteiger partial charge >= 0.3 is 11.9 Å². The largest absolute Gasteiger partial charge is 0.478 e. The molecule has 0 spiro atoms. The molecule has 0 saturated heterocycles. The highest BCUT2D eigenvalue weighted by atomic mass is 16.4. The topological polar surface area (TPSA) is 74.6 Å². The van der Waals surface area contributed by atoms with E-state index < -0.39 is 11.9 Å². The molecule has 0 fully saturated rings. The van der Waals surface area contributed by atoms with Crippen molar-refractivity contribution in [3.8, 4) is 11.1 Å². The minimum atomic E-state index is -0.983. The Labute approximate surface area is 116 Å². The van der Waals surface area contributed by atoms with Crippen molar-refractivity contribution in [1.82, 2.24) is 0 Å². The van der Waals surface area contributed by atoms with Crippen LogP contribution in [0.15, 0.2) is 36.4 Å². The fourth-order valence-corrected chi connectivity index (χ4v) is 2.28. The monoisotopic (exact) mass is 270 g/mol. The summed E-state index contributed by atoms with van der Waals surface area (Å²) >= 11 is 0. The Kier molecular flexibility index (Phi) is 3.57. The molecule has 0 heterocycles. The second-order valence-electron chi connectivity index (χ2n) is 4.62. The van der Waals surface area contributed by atoms with E-state index in [9.17, 15) is 14.7 Å². The minimum absolute atomic E-state index is 0.206. The second-order valence-corrected chi connectivity index (χ2v) is 4.62. The number of hydrogen-bond donors (Lipinski definition) is 2. The van der Waals surface area contributed by atoms with Crippen molar-refractivity contribution in [1.29, 1.82) is 0 Å². The molecular formula is C16H14O4. The number of hydrogen-bond acceptors (Lipinski definition) is 2. The highest BCUT2D eigenvalue weighted by Crippen LogP contribution is 2.28. The summed E-state index contributed by atoms with van der Waals surface area (Å²) in [6.07, 6.45) is 0. The molecule has 0 aromatic heterocycles. The first kappa shape index (κ1) is 13.8. The molecule has 2 aromatic carbocycles. The Morgan fingerprint density at radius 2 is 1.45 bits per heavy atom. The number of rotatable bonds is 3. The summed E-state index contributed by atoms with van der Waals surface area (Å²) in [6.45, 7) is 3.52. The normalized spacial score (nSPS) is 10.3. The number of aryl methyl sites for hydroxylation is 1. The minimum Gasteiger partial charge on any atom is -0.478 e. The molecule has 0 bridgehead atoms. The van der Waals surface area contributed by atoms with Crippen LogP contribution in [0.25, 0.3) is 11.1 Å². The van der Waals surface area contributed by atoms with E-state index >= 15 is 0 Å². The summed E-state index contributed by atoms with van der Waals surface area (Å²) in [5.41, 5.74) is 3.49. The first-order valence-electron chi connectivity index (χ1n) is 6.09. The summed E-state index contributed by atoms with van der Waals surface area (Å²) in [4.78, 5) is 22.1. The SMILES string of the molecule is Cc1ccc(-c2ccc(C(=O)O)cc2)c(C)c1C(=O)O. The van der Waals surface area contributed by atoms with Gasteiger partial charge in [-0.25, -0.2) is 9.59 Å². The first-order chi connectivity index (χ1) is 9.41. The summed E-state index contributed by atoms with van der Waals surface area (Å²) in [5.74, 6) is -1.94. The van der Waals surface area contributed by atoms with Crippen LogP contribution < -0.4 is 0 Å². The van der Waals surface area contributed by atoms with Crippen LogP contribution >= 0.6 is 0 Å². The maximum Gasteiger partial charge on any atom is 0.336 e. The Hall–Kier alpha value is -2.62. The molecule has 2 N–H and O–H groups in total. The zero-order valence-electron chi connectivity index (χ0n) is 11.2. The molecule has 20 heavy (non-hydrogen) atoms. The van der Waals surface area contributed by atoms with Gasteiger partial charge in [-0.3, -0.25) is 0 Å². The summed E-state index contributed by atoms with van der Waals surface area (Å²) in [5, 5.41) is 18.1. The Balaban J connectivity index is 2.56. The van der Waals surface area contributed by atoms with E-state index in [4.69, 9.17) is 5.11 Å². The van der Waals surface area contributed by atoms with Gasteiger partial charge in [0.05, 0.1) is 11.1 Å². The molecule has 2 rings (SSSR count). The van der Waals surface area contributed by atoms with Crippen LogP contribution in [0.1, 0.15) is 31.8 Å². The summed E-state index contributed by atoms with van der Waals surface area (Å²) in [7, 11) is 0. The van der Waals surface area contributed by atoms with Crippen molar-refractivity contribution in [2.24, 2.45) is 0 Å². The van der Waals surface area contributed by atoms with Gasteiger partial charge in [-0.2, -0.15) is 0 Å². The number of benzene rings is 2. The lowest BCUT2D eigenvalue weighted by atomic mass is 9.93. The molecule has 0 saturated carbocycles. The number of carboxylic acid groups (broad SMARTS) is 2. The molecular weight excluding hydrogens is 256 g/mol. The van der Waals surface area contributed by atoms with E-state index in [1.54, 1.807) is 32.0 Å². The van der Waals surface area contributed by atoms with Crippen LogP contribution in [0.2, 0.25) is 0 Å². The predicted molar refractivity (Wildman–Crippen MR) is 75.3 cm³/mol. The van der Waals surface area contributed by atoms with Gasteiger partial charge in [0, 0.05) is 0 Å². The number of carboxylic acids is 2. The molecule has 0 amide bonds. The van der Waals surface area contributed by atoms with E-state index in [0.29, 0.717) is 16.7 Å². The average molecular weight is 270 g/mol. The number of carbonyl (C=O) groups is 2. The number of aromatic carboxylic acids is 2. The summed E-state index contributed by atoms with van der Waals surface area (Å²) < 4.78 is 0. The van der Waals surface area contributed by atoms with E-state index in [-0.39, 0.29) is 5.56 Å². The fourth-order valence-electron chi connectivity index (χ4n) is 2.28. The molecule has 0 aliphatic carbocycles. The highest BCUT2D eigenvalue weighted by Gasteiger charge is 2.15. The molecule has 0 aliphatic rings. The molecule has 4 nitrogen and oxygen atoms in total. The first-order valence-corrected chi connectivity index (χ1v) is 6.09. The van der Waals surface area contributed by atoms with Gasteiger partial charge in [0.25, 0.3) is 0 Å². The molecule has 102 valence electrons. The molecule has 0 atom stereocenters. The Morgan fingerprint density at radius 3 is 1.95 bits per heavy atom. The summed E-state index contributed by atoms with van der Waals surface area (Å²) in [6, 6.07) is 10.0. The van der Waals surface area contributed by atoms with Gasteiger partial charge in [-0.15, -0.1) is 0 Å². The van der Waals surface area contributed by atoms with Gasteiger partial charge in [0.15, 0.2) is 0 Å². The predicted octanol–water partition coefficient (Wildman–Crippen LogP) is 3.37. The molecule has 2 aromatic rings. The quantitative estimate of drug-likeness (QED) is 0.896. The van der Waals surface area contributed by atoms with E-state index in [1.165, 1.54) is 12.1 Å². The zero-order valence-corrected chi connectivity index (χ0v) is 11.2. The van der Waals surface area contributed by atoms with Crippen molar-refractivity contribution < 1.29 is 19.8 Å². The molecule has 4 heteroatoms. The van der Waals surface area contributed by atoms with Crippen LogP contribution in [0.3, 0.4) is 0 Å². The van der Waals surface area contributed by atoms with Crippen molar-refractivity contribution in [3.05, 3.63) is 58.7 Å². The third-order valence-corrected chi connectivity index (χ3v) is 3.33. The van der Waals surface area contributed by atoms with Crippen molar-refractivity contribution in [3.63, 3.8) is 0 Å². The van der Waals surface area contributed by atoms with Crippen LogP contribution in [0.4, 0.5) is 0 Å². The van der Waals surface area contributed by atoms with Crippen LogP contribution in [-0.2, 0) is 0 Å². The van der Waals surface area contributed by atoms with E-state index in [1.807, 2.05) is 6.07 Å². The van der Waals surface area contributed by atoms with Crippen molar-refractivity contribution in [2.45, 2.75) is 13.8 Å². The Bertz CT molecular complexity index is 684. The molecule has 0 aliphatic heterocycles. The second kappa shape index (κ2) is 5.17. The lowest BCUT2D eigenvalue weighted by molar-refractivity contribution is 0.0685. The van der Waals surface area contributed by atoms with Crippen LogP contribution in [-0.4, -0.2) is 22.2 Å². The lowest BCUT2D eigenvalue weighted by Crippen LogP contribution is -2.04. The lowest BCUT2D eigenvalue weighted by Gasteiger charge is -2.11. The zero-order chi connectivity index (χ0) is 14.9. The van der Waals surface area contributed by atoms with Gasteiger partial charge in [-0.1, -0.05) is 24.3 Å². The van der Waals surface area contributed by atoms with Crippen LogP contribution in [0.5, 0.6) is 0 Å². The van der Waals surface area contributed by atoms with Gasteiger partial charge < -0.3 is 10.2 Å². The van der Waals surface area contributed by atoms with Gasteiger partial charge in [0.1, 0.15) is 0 Å². The Morgan fingerprint density at radius 1 is 0.850 bits per heavy atom. The van der Waals surface area contributed by atoms with Gasteiger partial charge in [0.2, 0.25) is 0 Å². The maximum atomic E-state index is 11.3. The average Bonchev–Trinajstić information content (AvgIpc) is 2.38. The molecule has 0 radical (unpaired) electrons. The molecule has 0 unspecified atom stereocenters. The van der Waals surface area contributed by atoms with Crippen LogP contribution in [0, 0.1) is 13.8 Å². The fraction of sp³-hybridized carbons (Fsp3) is 0.125. The third kappa shape index (κ3) is 2.40. The van der Waals surface area contributed by atoms with Gasteiger partial charge in [-0.05, 0) is 48.2 Å². The maximum absolute atomic E-state index is 11.3. The third-order valence-electron chi connectivity index (χ3n) is 3.33. The van der Waals surface area contributed by atoms with E-state index in [2.05, 4.69) is 0 Å². The standard InChI is InChI=1S/C16H14O4/c1-9-3-8-13(10(2)14(9)16(19)20)11-4-6-12(7-5-11)15(17)18/h3-8H,1-2H3,(H,17,18)(H,19,20).